The smallest absolute Gasteiger partial charge is 0.382 e. The Labute approximate surface area is 214 Å². The summed E-state index contributed by atoms with van der Waals surface area (Å²) >= 11 is 0. The van der Waals surface area contributed by atoms with Crippen LogP contribution in [-0.2, 0) is 25.6 Å². The highest BCUT2D eigenvalue weighted by molar-refractivity contribution is 7.91. The first-order valence-electron chi connectivity index (χ1n) is 12.1. The van der Waals surface area contributed by atoms with Crippen LogP contribution in [0, 0.1) is 13.8 Å². The van der Waals surface area contributed by atoms with Gasteiger partial charge in [0.25, 0.3) is 5.84 Å². The second-order valence-corrected chi connectivity index (χ2v) is 11.2. The van der Waals surface area contributed by atoms with Gasteiger partial charge in [-0.05, 0) is 57.4 Å². The summed E-state index contributed by atoms with van der Waals surface area (Å²) in [5, 5.41) is 0. The summed E-state index contributed by atoms with van der Waals surface area (Å²) < 4.78 is 63.4. The Balaban J connectivity index is 1.77. The number of pyridine rings is 1. The average Bonchev–Trinajstić information content (AvgIpc) is 3.11. The number of fused-ring (bicyclic) bond motifs is 1. The van der Waals surface area contributed by atoms with Gasteiger partial charge in [0.1, 0.15) is 6.54 Å². The lowest BCUT2D eigenvalue weighted by Crippen LogP contribution is -2.54. The van der Waals surface area contributed by atoms with E-state index in [0.717, 1.165) is 36.2 Å². The van der Waals surface area contributed by atoms with Crippen molar-refractivity contribution in [1.29, 1.82) is 0 Å². The number of nitrogen functional groups attached to an aromatic ring is 1. The van der Waals surface area contributed by atoms with Crippen LogP contribution >= 0.6 is 0 Å². The largest absolute Gasteiger partial charge is 0.416 e. The number of hydrogen-bond acceptors (Lipinski definition) is 7. The molecule has 0 aliphatic carbocycles. The lowest BCUT2D eigenvalue weighted by molar-refractivity contribution is -0.167. The number of aliphatic imine (C=N–C) groups is 1. The summed E-state index contributed by atoms with van der Waals surface area (Å²) in [6.07, 6.45) is -1.96. The van der Waals surface area contributed by atoms with Crippen molar-refractivity contribution >= 4 is 38.8 Å². The average molecular weight is 542 g/mol. The van der Waals surface area contributed by atoms with Crippen molar-refractivity contribution in [3.8, 4) is 0 Å². The summed E-state index contributed by atoms with van der Waals surface area (Å²) in [4.78, 5) is 27.0. The molecule has 0 fully saturated rings. The first kappa shape index (κ1) is 28.6. The first-order chi connectivity index (χ1) is 17.2. The molecule has 1 aromatic heterocycles. The Morgan fingerprint density at radius 3 is 2.32 bits per heavy atom. The highest BCUT2D eigenvalue weighted by atomic mass is 32.2. The molecular formula is C25H32F3N4O4S+. The van der Waals surface area contributed by atoms with E-state index in [9.17, 15) is 26.4 Å². The zero-order valence-electron chi connectivity index (χ0n) is 21.4. The minimum atomic E-state index is -4.53. The minimum absolute atomic E-state index is 0.149. The number of carbonyl (C=O) groups is 1. The second-order valence-electron chi connectivity index (χ2n) is 9.13. The molecule has 1 aromatic carbocycles. The van der Waals surface area contributed by atoms with Crippen LogP contribution in [0.15, 0.2) is 34.2 Å². The number of nitrogens with two attached hydrogens (primary N) is 1. The van der Waals surface area contributed by atoms with E-state index in [1.54, 1.807) is 0 Å². The number of benzene rings is 1. The molecule has 0 saturated carbocycles. The number of nitrogens with zero attached hydrogens (tertiary/aromatic N) is 3. The number of aryl methyl sites for hydroxylation is 1. The summed E-state index contributed by atoms with van der Waals surface area (Å²) in [6, 6.07) is 3.50. The monoisotopic (exact) mass is 541 g/mol. The Hall–Kier alpha value is -2.99. The number of unbranched alkanes of at least 4 members (excludes halogenated alkanes) is 2. The van der Waals surface area contributed by atoms with Gasteiger partial charge in [-0.25, -0.2) is 18.2 Å². The van der Waals surface area contributed by atoms with E-state index in [-0.39, 0.29) is 27.5 Å². The molecule has 0 radical (unpaired) electrons. The first-order valence-corrected chi connectivity index (χ1v) is 13.7. The zero-order valence-corrected chi connectivity index (χ0v) is 22.2. The molecule has 0 saturated heterocycles. The number of anilines is 1. The maximum absolute atomic E-state index is 12.8. The summed E-state index contributed by atoms with van der Waals surface area (Å²) in [5.41, 5.74) is 7.92. The summed E-state index contributed by atoms with van der Waals surface area (Å²) in [7, 11) is -3.75. The van der Waals surface area contributed by atoms with Crippen molar-refractivity contribution in [2.45, 2.75) is 70.9 Å². The fourth-order valence-electron chi connectivity index (χ4n) is 4.52. The van der Waals surface area contributed by atoms with Gasteiger partial charge in [0.05, 0.1) is 16.2 Å². The number of amidine groups is 1. The van der Waals surface area contributed by atoms with E-state index in [4.69, 9.17) is 15.6 Å². The number of aromatic nitrogens is 1. The number of sulfone groups is 1. The molecule has 1 aliphatic rings. The molecule has 1 unspecified atom stereocenters. The third kappa shape index (κ3) is 5.96. The quantitative estimate of drug-likeness (QED) is 0.311. The lowest BCUT2D eigenvalue weighted by atomic mass is 10.1. The summed E-state index contributed by atoms with van der Waals surface area (Å²) in [5.74, 6) is 0.177. The van der Waals surface area contributed by atoms with Gasteiger partial charge in [-0.3, -0.25) is 4.84 Å². The number of quaternary nitrogens is 1. The molecule has 2 aromatic rings. The lowest BCUT2D eigenvalue weighted by Gasteiger charge is -2.32. The Morgan fingerprint density at radius 2 is 1.76 bits per heavy atom. The number of rotatable bonds is 10. The second kappa shape index (κ2) is 10.8. The fraction of sp³-hybridized carbons (Fsp3) is 0.480. The summed E-state index contributed by atoms with van der Waals surface area (Å²) in [6.45, 7) is 7.33. The maximum atomic E-state index is 12.8. The molecule has 3 rings (SSSR count). The van der Waals surface area contributed by atoms with Crippen LogP contribution in [0.5, 0.6) is 0 Å². The molecule has 0 spiro atoms. The van der Waals surface area contributed by atoms with Crippen LogP contribution in [-0.4, -0.2) is 37.5 Å². The van der Waals surface area contributed by atoms with Gasteiger partial charge in [0.15, 0.2) is 21.3 Å². The fourth-order valence-corrected chi connectivity index (χ4v) is 5.89. The van der Waals surface area contributed by atoms with Crippen LogP contribution in [0.25, 0.3) is 0 Å². The van der Waals surface area contributed by atoms with E-state index in [2.05, 4.69) is 4.98 Å². The third-order valence-corrected chi connectivity index (χ3v) is 8.17. The maximum Gasteiger partial charge on any atom is 0.416 e. The van der Waals surface area contributed by atoms with Gasteiger partial charge in [-0.1, -0.05) is 11.6 Å². The van der Waals surface area contributed by atoms with Gasteiger partial charge in [-0.15, -0.1) is 0 Å². The predicted molar refractivity (Wildman–Crippen MR) is 136 cm³/mol. The topological polar surface area (TPSA) is 112 Å². The molecule has 2 N–H and O–H groups in total. The molecule has 202 valence electrons. The number of hydroxylamine groups is 2. The van der Waals surface area contributed by atoms with E-state index in [1.807, 2.05) is 20.8 Å². The van der Waals surface area contributed by atoms with Crippen LogP contribution in [0.4, 0.5) is 30.4 Å². The molecule has 0 bridgehead atoms. The zero-order chi connectivity index (χ0) is 27.6. The Kier molecular flexibility index (Phi) is 8.33. The van der Waals surface area contributed by atoms with Crippen molar-refractivity contribution in [3.63, 3.8) is 0 Å². The normalized spacial score (nSPS) is 17.4. The standard InChI is InChI=1S/C25H32F3N4O4S/c1-5-9-21-31-22-23(16(2)17(3)30-24(22)29)32(21,36-18(4)33)14-7-6-8-15-37(34,35)20-12-10-19(11-13-20)25(26,27)28/h10-13H,5-9,14-15H2,1-4H3,(H2,29,30)/q+1. The van der Waals surface area contributed by atoms with Crippen LogP contribution in [0.2, 0.25) is 0 Å². The van der Waals surface area contributed by atoms with Crippen LogP contribution in [0.3, 0.4) is 0 Å². The molecule has 12 heteroatoms. The molecule has 1 aliphatic heterocycles. The van der Waals surface area contributed by atoms with Gasteiger partial charge in [-0.2, -0.15) is 18.2 Å². The highest BCUT2D eigenvalue weighted by Crippen LogP contribution is 2.48. The predicted octanol–water partition coefficient (Wildman–Crippen LogP) is 5.57. The Bertz CT molecular complexity index is 1310. The number of halogens is 3. The number of hydrogen-bond donors (Lipinski definition) is 1. The minimum Gasteiger partial charge on any atom is -0.382 e. The molecular weight excluding hydrogens is 509 g/mol. The molecule has 8 nitrogen and oxygen atoms in total. The van der Waals surface area contributed by atoms with E-state index >= 15 is 0 Å². The Morgan fingerprint density at radius 1 is 1.11 bits per heavy atom. The van der Waals surface area contributed by atoms with Gasteiger partial charge >= 0.3 is 12.1 Å². The van der Waals surface area contributed by atoms with Crippen LogP contribution < -0.4 is 10.4 Å². The van der Waals surface area contributed by atoms with Crippen molar-refractivity contribution in [1.82, 2.24) is 9.63 Å². The molecule has 1 atom stereocenters. The van der Waals surface area contributed by atoms with Crippen molar-refractivity contribution in [2.75, 3.05) is 18.0 Å². The molecule has 0 amide bonds. The molecule has 37 heavy (non-hydrogen) atoms. The van der Waals surface area contributed by atoms with Crippen molar-refractivity contribution < 1.29 is 31.2 Å². The number of carbonyl (C=O) groups excluding carboxylic acids is 1. The van der Waals surface area contributed by atoms with E-state index < -0.39 is 27.5 Å². The van der Waals surface area contributed by atoms with Gasteiger partial charge in [0.2, 0.25) is 5.69 Å². The highest BCUT2D eigenvalue weighted by Gasteiger charge is 2.50. The van der Waals surface area contributed by atoms with E-state index in [0.29, 0.717) is 48.7 Å². The van der Waals surface area contributed by atoms with Crippen molar-refractivity contribution in [2.24, 2.45) is 4.99 Å². The van der Waals surface area contributed by atoms with Crippen molar-refractivity contribution in [3.05, 3.63) is 41.1 Å². The van der Waals surface area contributed by atoms with Crippen LogP contribution in [0.1, 0.15) is 62.8 Å². The SMILES string of the molecule is CCCC1=Nc2c(N)nc(C)c(C)c2[N+]1(CCCCCS(=O)(=O)c1ccc(C(F)(F)F)cc1)OC(C)=O. The van der Waals surface area contributed by atoms with E-state index in [1.165, 1.54) is 6.92 Å². The van der Waals surface area contributed by atoms with Gasteiger partial charge < -0.3 is 5.73 Å². The molecule has 2 heterocycles. The van der Waals surface area contributed by atoms with Gasteiger partial charge in [0, 0.05) is 31.0 Å². The number of alkyl halides is 3. The third-order valence-electron chi connectivity index (χ3n) is 6.36.